The van der Waals surface area contributed by atoms with Gasteiger partial charge in [0.25, 0.3) is 0 Å². The lowest BCUT2D eigenvalue weighted by Gasteiger charge is -2.20. The topological polar surface area (TPSA) is 25.2 Å². The van der Waals surface area contributed by atoms with Crippen LogP contribution in [-0.4, -0.2) is 6.54 Å². The molecular weight excluding hydrogens is 222 g/mol. The number of rotatable bonds is 4. The minimum atomic E-state index is 0.469. The Bertz CT molecular complexity index is 502. The van der Waals surface area contributed by atoms with E-state index in [1.165, 1.54) is 11.1 Å². The van der Waals surface area contributed by atoms with Gasteiger partial charge in [-0.3, -0.25) is 0 Å². The number of hydrogen-bond acceptors (Lipinski definition) is 2. The van der Waals surface area contributed by atoms with E-state index in [1.54, 1.807) is 6.26 Å². The van der Waals surface area contributed by atoms with E-state index in [1.807, 2.05) is 6.07 Å². The Labute approximate surface area is 108 Å². The summed E-state index contributed by atoms with van der Waals surface area (Å²) in [5.74, 6) is 1.70. The van der Waals surface area contributed by atoms with Crippen molar-refractivity contribution in [3.05, 3.63) is 59.5 Å². The fourth-order valence-electron chi connectivity index (χ4n) is 3.05. The molecule has 2 atom stereocenters. The molecule has 0 radical (unpaired) electrons. The maximum Gasteiger partial charge on any atom is 0.104 e. The molecule has 0 fully saturated rings. The molecule has 1 N–H and O–H groups in total. The molecule has 2 heteroatoms. The number of nitrogens with one attached hydrogen (secondary N) is 1. The first-order valence-corrected chi connectivity index (χ1v) is 6.72. The summed E-state index contributed by atoms with van der Waals surface area (Å²) in [5.41, 5.74) is 2.95. The summed E-state index contributed by atoms with van der Waals surface area (Å²) < 4.78 is 5.49. The predicted octanol–water partition coefficient (Wildman–Crippen LogP) is 3.35. The Morgan fingerprint density at radius 3 is 2.89 bits per heavy atom. The SMILES string of the molecule is CCNC1c2ccccc2CC1Cc1ccco1. The van der Waals surface area contributed by atoms with Crippen molar-refractivity contribution >= 4 is 0 Å². The van der Waals surface area contributed by atoms with E-state index in [9.17, 15) is 0 Å². The summed E-state index contributed by atoms with van der Waals surface area (Å²) in [5, 5.41) is 3.62. The van der Waals surface area contributed by atoms with Gasteiger partial charge in [-0.15, -0.1) is 0 Å². The van der Waals surface area contributed by atoms with E-state index >= 15 is 0 Å². The lowest BCUT2D eigenvalue weighted by Crippen LogP contribution is -2.26. The molecule has 0 saturated carbocycles. The molecule has 2 aromatic rings. The number of fused-ring (bicyclic) bond motifs is 1. The Hall–Kier alpha value is -1.54. The van der Waals surface area contributed by atoms with E-state index in [0.29, 0.717) is 12.0 Å². The van der Waals surface area contributed by atoms with Crippen molar-refractivity contribution in [1.82, 2.24) is 5.32 Å². The van der Waals surface area contributed by atoms with Crippen LogP contribution in [0.25, 0.3) is 0 Å². The highest BCUT2D eigenvalue weighted by Gasteiger charge is 2.31. The first kappa shape index (κ1) is 11.5. The molecule has 3 rings (SSSR count). The molecule has 2 nitrogen and oxygen atoms in total. The first-order chi connectivity index (χ1) is 8.88. The first-order valence-electron chi connectivity index (χ1n) is 6.72. The molecule has 0 bridgehead atoms. The molecule has 0 saturated heterocycles. The minimum absolute atomic E-state index is 0.469. The van der Waals surface area contributed by atoms with Gasteiger partial charge in [0.15, 0.2) is 0 Å². The molecule has 18 heavy (non-hydrogen) atoms. The van der Waals surface area contributed by atoms with Crippen molar-refractivity contribution in [1.29, 1.82) is 0 Å². The smallest absolute Gasteiger partial charge is 0.104 e. The van der Waals surface area contributed by atoms with Crippen LogP contribution in [0.5, 0.6) is 0 Å². The van der Waals surface area contributed by atoms with E-state index in [2.05, 4.69) is 42.6 Å². The minimum Gasteiger partial charge on any atom is -0.469 e. The van der Waals surface area contributed by atoms with Crippen molar-refractivity contribution in [2.45, 2.75) is 25.8 Å². The molecule has 1 aromatic heterocycles. The van der Waals surface area contributed by atoms with Gasteiger partial charge in [-0.2, -0.15) is 0 Å². The fourth-order valence-corrected chi connectivity index (χ4v) is 3.05. The number of hydrogen-bond donors (Lipinski definition) is 1. The summed E-state index contributed by atoms with van der Waals surface area (Å²) in [4.78, 5) is 0. The second-order valence-corrected chi connectivity index (χ2v) is 4.98. The van der Waals surface area contributed by atoms with Crippen LogP contribution in [0.15, 0.2) is 47.1 Å². The van der Waals surface area contributed by atoms with Gasteiger partial charge in [0.1, 0.15) is 5.76 Å². The van der Waals surface area contributed by atoms with Gasteiger partial charge in [-0.1, -0.05) is 31.2 Å². The molecule has 0 aliphatic heterocycles. The summed E-state index contributed by atoms with van der Waals surface area (Å²) in [6, 6.07) is 13.3. The summed E-state index contributed by atoms with van der Waals surface area (Å²) in [6.07, 6.45) is 3.92. The van der Waals surface area contributed by atoms with Gasteiger partial charge >= 0.3 is 0 Å². The maximum absolute atomic E-state index is 5.49. The average Bonchev–Trinajstić information content (AvgIpc) is 3.00. The highest BCUT2D eigenvalue weighted by molar-refractivity contribution is 5.36. The fraction of sp³-hybridized carbons (Fsp3) is 0.375. The monoisotopic (exact) mass is 241 g/mol. The van der Waals surface area contributed by atoms with Crippen LogP contribution in [0.3, 0.4) is 0 Å². The molecule has 0 spiro atoms. The largest absolute Gasteiger partial charge is 0.469 e. The van der Waals surface area contributed by atoms with Crippen LogP contribution in [0.2, 0.25) is 0 Å². The zero-order valence-corrected chi connectivity index (χ0v) is 10.7. The molecule has 1 aliphatic rings. The lowest BCUT2D eigenvalue weighted by molar-refractivity contribution is 0.363. The van der Waals surface area contributed by atoms with Crippen LogP contribution in [-0.2, 0) is 12.8 Å². The van der Waals surface area contributed by atoms with Crippen molar-refractivity contribution in [2.24, 2.45) is 5.92 Å². The van der Waals surface area contributed by atoms with Crippen LogP contribution in [0.1, 0.15) is 29.9 Å². The zero-order valence-electron chi connectivity index (χ0n) is 10.7. The van der Waals surface area contributed by atoms with Crippen molar-refractivity contribution < 1.29 is 4.42 Å². The van der Waals surface area contributed by atoms with Gasteiger partial charge in [-0.05, 0) is 42.1 Å². The second kappa shape index (κ2) is 4.99. The molecule has 1 heterocycles. The Morgan fingerprint density at radius 1 is 1.22 bits per heavy atom. The highest BCUT2D eigenvalue weighted by Crippen LogP contribution is 2.37. The molecule has 0 amide bonds. The number of benzene rings is 1. The van der Waals surface area contributed by atoms with Gasteiger partial charge in [0.05, 0.1) is 6.26 Å². The standard InChI is InChI=1S/C16H19NO/c1-2-17-16-13(11-14-7-5-9-18-14)10-12-6-3-4-8-15(12)16/h3-9,13,16-17H,2,10-11H2,1H3. The molecular formula is C16H19NO. The molecule has 94 valence electrons. The van der Waals surface area contributed by atoms with Crippen molar-refractivity contribution in [2.75, 3.05) is 6.54 Å². The summed E-state index contributed by atoms with van der Waals surface area (Å²) in [6.45, 7) is 3.18. The molecule has 1 aliphatic carbocycles. The summed E-state index contributed by atoms with van der Waals surface area (Å²) >= 11 is 0. The van der Waals surface area contributed by atoms with E-state index in [4.69, 9.17) is 4.42 Å². The maximum atomic E-state index is 5.49. The van der Waals surface area contributed by atoms with E-state index < -0.39 is 0 Å². The quantitative estimate of drug-likeness (QED) is 0.888. The zero-order chi connectivity index (χ0) is 12.4. The third-order valence-corrected chi connectivity index (χ3v) is 3.81. The third kappa shape index (κ3) is 2.08. The second-order valence-electron chi connectivity index (χ2n) is 4.98. The van der Waals surface area contributed by atoms with Crippen LogP contribution < -0.4 is 5.32 Å². The van der Waals surface area contributed by atoms with Crippen LogP contribution >= 0.6 is 0 Å². The highest BCUT2D eigenvalue weighted by atomic mass is 16.3. The van der Waals surface area contributed by atoms with Crippen molar-refractivity contribution in [3.8, 4) is 0 Å². The number of furan rings is 1. The lowest BCUT2D eigenvalue weighted by atomic mass is 9.95. The normalized spacial score (nSPS) is 22.1. The van der Waals surface area contributed by atoms with Gasteiger partial charge in [-0.25, -0.2) is 0 Å². The van der Waals surface area contributed by atoms with Gasteiger partial charge in [0.2, 0.25) is 0 Å². The van der Waals surface area contributed by atoms with Gasteiger partial charge in [0, 0.05) is 12.5 Å². The summed E-state index contributed by atoms with van der Waals surface area (Å²) in [7, 11) is 0. The Kier molecular flexibility index (Phi) is 3.20. The molecule has 2 unspecified atom stereocenters. The van der Waals surface area contributed by atoms with Crippen molar-refractivity contribution in [3.63, 3.8) is 0 Å². The average molecular weight is 241 g/mol. The van der Waals surface area contributed by atoms with Gasteiger partial charge < -0.3 is 9.73 Å². The van der Waals surface area contributed by atoms with E-state index in [-0.39, 0.29) is 0 Å². The van der Waals surface area contributed by atoms with Crippen LogP contribution in [0.4, 0.5) is 0 Å². The third-order valence-electron chi connectivity index (χ3n) is 3.81. The van der Waals surface area contributed by atoms with E-state index in [0.717, 1.165) is 25.1 Å². The predicted molar refractivity (Wildman–Crippen MR) is 72.5 cm³/mol. The molecule has 1 aromatic carbocycles. The van der Waals surface area contributed by atoms with Crippen LogP contribution in [0, 0.1) is 5.92 Å². The Morgan fingerprint density at radius 2 is 2.11 bits per heavy atom. The Balaban J connectivity index is 1.83.